The van der Waals surface area contributed by atoms with E-state index in [1.807, 2.05) is 0 Å². The van der Waals surface area contributed by atoms with Gasteiger partial charge >= 0.3 is 0 Å². The van der Waals surface area contributed by atoms with E-state index in [-0.39, 0.29) is 18.0 Å². The molecule has 1 aliphatic heterocycles. The molecule has 4 atom stereocenters. The van der Waals surface area contributed by atoms with Crippen molar-refractivity contribution in [1.82, 2.24) is 5.32 Å². The van der Waals surface area contributed by atoms with Gasteiger partial charge in [-0.3, -0.25) is 0 Å². The first-order chi connectivity index (χ1) is 13.4. The predicted molar refractivity (Wildman–Crippen MR) is 118 cm³/mol. The Morgan fingerprint density at radius 1 is 0.893 bits per heavy atom. The number of hydrogen-bond acceptors (Lipinski definition) is 2. The fraction of sp³-hybridized carbons (Fsp3) is 0.538. The maximum Gasteiger partial charge on any atom is 0.0709 e. The van der Waals surface area contributed by atoms with Gasteiger partial charge in [0.15, 0.2) is 0 Å². The number of aryl methyl sites for hydroxylation is 2. The third kappa shape index (κ3) is 4.85. The lowest BCUT2D eigenvalue weighted by Crippen LogP contribution is -2.52. The van der Waals surface area contributed by atoms with Crippen LogP contribution in [0.4, 0.5) is 0 Å². The molecule has 0 aliphatic carbocycles. The first-order valence-electron chi connectivity index (χ1n) is 11.0. The van der Waals surface area contributed by atoms with E-state index < -0.39 is 5.60 Å². The lowest BCUT2D eigenvalue weighted by atomic mass is 9.70. The molecule has 1 fully saturated rings. The highest BCUT2D eigenvalue weighted by Gasteiger charge is 2.45. The molecule has 1 saturated heterocycles. The topological polar surface area (TPSA) is 32.3 Å². The van der Waals surface area contributed by atoms with Crippen LogP contribution in [-0.4, -0.2) is 10.7 Å². The van der Waals surface area contributed by atoms with E-state index in [0.717, 1.165) is 19.3 Å². The molecule has 0 amide bonds. The van der Waals surface area contributed by atoms with E-state index >= 15 is 0 Å². The SMILES string of the molecule is CCCCCCC1(O)CC(c2ccc(C)cc2)NC(c2ccc(C)cc2)C1C. The highest BCUT2D eigenvalue weighted by molar-refractivity contribution is 5.30. The summed E-state index contributed by atoms with van der Waals surface area (Å²) in [5.41, 5.74) is 4.47. The molecule has 0 bridgehead atoms. The van der Waals surface area contributed by atoms with Gasteiger partial charge in [0, 0.05) is 18.0 Å². The van der Waals surface area contributed by atoms with Gasteiger partial charge in [0.05, 0.1) is 5.60 Å². The molecule has 0 aromatic heterocycles. The first-order valence-corrected chi connectivity index (χ1v) is 11.0. The third-order valence-electron chi connectivity index (χ3n) is 6.67. The molecule has 0 saturated carbocycles. The Kier molecular flexibility index (Phi) is 6.95. The molecule has 2 aromatic rings. The van der Waals surface area contributed by atoms with E-state index in [0.29, 0.717) is 0 Å². The molecule has 1 heterocycles. The normalized spacial score (nSPS) is 27.7. The maximum atomic E-state index is 11.8. The van der Waals surface area contributed by atoms with Crippen LogP contribution in [0.2, 0.25) is 0 Å². The highest BCUT2D eigenvalue weighted by atomic mass is 16.3. The molecule has 2 heteroatoms. The Bertz CT molecular complexity index is 736. The Morgan fingerprint density at radius 3 is 2.04 bits per heavy atom. The Labute approximate surface area is 171 Å². The Hall–Kier alpha value is -1.64. The predicted octanol–water partition coefficient (Wildman–Crippen LogP) is 6.42. The second-order valence-electron chi connectivity index (χ2n) is 8.93. The molecular formula is C26H37NO. The van der Waals surface area contributed by atoms with Gasteiger partial charge < -0.3 is 10.4 Å². The Morgan fingerprint density at radius 2 is 1.46 bits per heavy atom. The Balaban J connectivity index is 1.87. The largest absolute Gasteiger partial charge is 0.389 e. The molecular weight excluding hydrogens is 342 g/mol. The number of benzene rings is 2. The van der Waals surface area contributed by atoms with Crippen molar-refractivity contribution in [3.05, 3.63) is 70.8 Å². The highest BCUT2D eigenvalue weighted by Crippen LogP contribution is 2.45. The summed E-state index contributed by atoms with van der Waals surface area (Å²) in [5.74, 6) is 0.179. The average molecular weight is 380 g/mol. The summed E-state index contributed by atoms with van der Waals surface area (Å²) in [5, 5.41) is 15.6. The molecule has 2 N–H and O–H groups in total. The number of unbranched alkanes of at least 4 members (excludes halogenated alkanes) is 3. The summed E-state index contributed by atoms with van der Waals surface area (Å²) in [7, 11) is 0. The number of piperidine rings is 1. The fourth-order valence-electron chi connectivity index (χ4n) is 4.63. The van der Waals surface area contributed by atoms with Crippen LogP contribution in [0.5, 0.6) is 0 Å². The van der Waals surface area contributed by atoms with Gasteiger partial charge in [0.25, 0.3) is 0 Å². The van der Waals surface area contributed by atoms with Crippen molar-refractivity contribution in [2.75, 3.05) is 0 Å². The molecule has 2 aromatic carbocycles. The molecule has 2 nitrogen and oxygen atoms in total. The summed E-state index contributed by atoms with van der Waals surface area (Å²) in [6, 6.07) is 17.9. The zero-order valence-corrected chi connectivity index (χ0v) is 18.0. The lowest BCUT2D eigenvalue weighted by molar-refractivity contribution is -0.0754. The van der Waals surface area contributed by atoms with Crippen LogP contribution in [-0.2, 0) is 0 Å². The molecule has 152 valence electrons. The lowest BCUT2D eigenvalue weighted by Gasteiger charge is -2.48. The number of rotatable bonds is 7. The van der Waals surface area contributed by atoms with Crippen LogP contribution in [0.25, 0.3) is 0 Å². The summed E-state index contributed by atoms with van der Waals surface area (Å²) >= 11 is 0. The van der Waals surface area contributed by atoms with Crippen LogP contribution in [0.15, 0.2) is 48.5 Å². The van der Waals surface area contributed by atoms with Crippen molar-refractivity contribution in [2.24, 2.45) is 5.92 Å². The number of nitrogens with one attached hydrogen (secondary N) is 1. The minimum atomic E-state index is -0.635. The van der Waals surface area contributed by atoms with Crippen molar-refractivity contribution >= 4 is 0 Å². The van der Waals surface area contributed by atoms with Crippen molar-refractivity contribution in [1.29, 1.82) is 0 Å². The number of hydrogen-bond donors (Lipinski definition) is 2. The van der Waals surface area contributed by atoms with Crippen molar-refractivity contribution < 1.29 is 5.11 Å². The van der Waals surface area contributed by atoms with Gasteiger partial charge in [-0.05, 0) is 37.8 Å². The van der Waals surface area contributed by atoms with Crippen LogP contribution < -0.4 is 5.32 Å². The van der Waals surface area contributed by atoms with Gasteiger partial charge in [-0.1, -0.05) is 99.2 Å². The summed E-state index contributed by atoms with van der Waals surface area (Å²) < 4.78 is 0. The quantitative estimate of drug-likeness (QED) is 0.544. The first kappa shape index (κ1) is 21.1. The monoisotopic (exact) mass is 379 g/mol. The zero-order valence-electron chi connectivity index (χ0n) is 18.0. The van der Waals surface area contributed by atoms with Crippen molar-refractivity contribution in [3.8, 4) is 0 Å². The van der Waals surface area contributed by atoms with E-state index in [2.05, 4.69) is 81.5 Å². The summed E-state index contributed by atoms with van der Waals surface area (Å²) in [4.78, 5) is 0. The van der Waals surface area contributed by atoms with E-state index in [4.69, 9.17) is 0 Å². The molecule has 4 unspecified atom stereocenters. The van der Waals surface area contributed by atoms with Gasteiger partial charge in [-0.25, -0.2) is 0 Å². The van der Waals surface area contributed by atoms with Crippen LogP contribution >= 0.6 is 0 Å². The zero-order chi connectivity index (χ0) is 20.1. The summed E-state index contributed by atoms with van der Waals surface area (Å²) in [6.07, 6.45) is 6.48. The smallest absolute Gasteiger partial charge is 0.0709 e. The van der Waals surface area contributed by atoms with Crippen LogP contribution in [0.1, 0.15) is 86.7 Å². The minimum absolute atomic E-state index is 0.164. The van der Waals surface area contributed by atoms with Crippen LogP contribution in [0.3, 0.4) is 0 Å². The second-order valence-corrected chi connectivity index (χ2v) is 8.93. The molecule has 0 radical (unpaired) electrons. The standard InChI is InChI=1S/C26H37NO/c1-5-6-7-8-17-26(28)18-24(22-13-9-19(2)10-14-22)27-25(21(26)4)23-15-11-20(3)12-16-23/h9-16,21,24-25,27-28H,5-8,17-18H2,1-4H3. The fourth-order valence-corrected chi connectivity index (χ4v) is 4.63. The number of aliphatic hydroxyl groups is 1. The average Bonchev–Trinajstić information content (AvgIpc) is 2.69. The molecule has 3 rings (SSSR count). The van der Waals surface area contributed by atoms with Gasteiger partial charge in [-0.15, -0.1) is 0 Å². The van der Waals surface area contributed by atoms with E-state index in [1.165, 1.54) is 41.5 Å². The van der Waals surface area contributed by atoms with Gasteiger partial charge in [-0.2, -0.15) is 0 Å². The molecule has 28 heavy (non-hydrogen) atoms. The van der Waals surface area contributed by atoms with Crippen molar-refractivity contribution in [3.63, 3.8) is 0 Å². The van der Waals surface area contributed by atoms with Crippen LogP contribution in [0, 0.1) is 19.8 Å². The van der Waals surface area contributed by atoms with Gasteiger partial charge in [0.1, 0.15) is 0 Å². The molecule has 0 spiro atoms. The van der Waals surface area contributed by atoms with Gasteiger partial charge in [0.2, 0.25) is 0 Å². The van der Waals surface area contributed by atoms with E-state index in [1.54, 1.807) is 0 Å². The summed E-state index contributed by atoms with van der Waals surface area (Å²) in [6.45, 7) is 8.71. The maximum absolute atomic E-state index is 11.8. The second kappa shape index (κ2) is 9.24. The van der Waals surface area contributed by atoms with Crippen molar-refractivity contribution in [2.45, 2.75) is 83.9 Å². The third-order valence-corrected chi connectivity index (χ3v) is 6.67. The molecule has 1 aliphatic rings. The minimum Gasteiger partial charge on any atom is -0.389 e. The van der Waals surface area contributed by atoms with E-state index in [9.17, 15) is 5.11 Å².